The summed E-state index contributed by atoms with van der Waals surface area (Å²) in [6.45, 7) is 1.20. The Labute approximate surface area is 82.7 Å². The van der Waals surface area contributed by atoms with E-state index in [9.17, 15) is 0 Å². The van der Waals surface area contributed by atoms with E-state index in [0.29, 0.717) is 24.2 Å². The lowest BCUT2D eigenvalue weighted by molar-refractivity contribution is -0.0588. The molecule has 1 aliphatic heterocycles. The van der Waals surface area contributed by atoms with Gasteiger partial charge in [-0.2, -0.15) is 0 Å². The maximum absolute atomic E-state index is 5.68. The second-order valence-electron chi connectivity index (χ2n) is 2.34. The summed E-state index contributed by atoms with van der Waals surface area (Å²) < 4.78 is 16.3. The average Bonchev–Trinajstić information content (AvgIpc) is 2.61. The number of hydrogen-bond donors (Lipinski definition) is 0. The lowest BCUT2D eigenvalue weighted by Crippen LogP contribution is -1.94. The van der Waals surface area contributed by atoms with Gasteiger partial charge in [0.05, 0.1) is 17.7 Å². The van der Waals surface area contributed by atoms with Gasteiger partial charge in [-0.3, -0.25) is 0 Å². The molecule has 5 heteroatoms. The molecule has 1 saturated heterocycles. The maximum atomic E-state index is 5.68. The van der Waals surface area contributed by atoms with Crippen LogP contribution in [0.5, 0.6) is 0 Å². The number of furan rings is 1. The highest BCUT2D eigenvalue weighted by Gasteiger charge is 2.23. The Kier molecular flexibility index (Phi) is 2.41. The van der Waals surface area contributed by atoms with Crippen LogP contribution in [0.15, 0.2) is 15.0 Å². The SMILES string of the molecule is Clc1oc(C2OCCO2)cc1Br. The fraction of sp³-hybridized carbons (Fsp3) is 0.429. The van der Waals surface area contributed by atoms with E-state index in [1.807, 2.05) is 0 Å². The fourth-order valence-corrected chi connectivity index (χ4v) is 1.45. The highest BCUT2D eigenvalue weighted by molar-refractivity contribution is 9.10. The first-order valence-electron chi connectivity index (χ1n) is 3.45. The standard InChI is InChI=1S/C7H6BrClO3/c8-4-3-5(12-6(4)9)7-10-1-2-11-7/h3,7H,1-2H2. The first kappa shape index (κ1) is 8.56. The van der Waals surface area contributed by atoms with Crippen molar-refractivity contribution in [2.45, 2.75) is 6.29 Å². The number of ether oxygens (including phenoxy) is 2. The van der Waals surface area contributed by atoms with Crippen LogP contribution in [0, 0.1) is 0 Å². The zero-order valence-corrected chi connectivity index (χ0v) is 8.39. The van der Waals surface area contributed by atoms with Crippen LogP contribution in [0.3, 0.4) is 0 Å². The first-order valence-corrected chi connectivity index (χ1v) is 4.62. The summed E-state index contributed by atoms with van der Waals surface area (Å²) in [5.41, 5.74) is 0. The third-order valence-corrected chi connectivity index (χ3v) is 2.62. The molecule has 0 aromatic carbocycles. The molecule has 1 aromatic rings. The van der Waals surface area contributed by atoms with Gasteiger partial charge in [0.2, 0.25) is 11.5 Å². The lowest BCUT2D eigenvalue weighted by atomic mass is 10.4. The van der Waals surface area contributed by atoms with Gasteiger partial charge in [-0.15, -0.1) is 0 Å². The van der Waals surface area contributed by atoms with Crippen LogP contribution >= 0.6 is 27.5 Å². The molecule has 2 heterocycles. The monoisotopic (exact) mass is 252 g/mol. The molecule has 2 rings (SSSR count). The normalized spacial score (nSPS) is 18.8. The topological polar surface area (TPSA) is 31.6 Å². The molecule has 0 saturated carbocycles. The average molecular weight is 253 g/mol. The van der Waals surface area contributed by atoms with Crippen molar-refractivity contribution in [3.8, 4) is 0 Å². The Bertz CT molecular complexity index is 261. The minimum Gasteiger partial charge on any atom is -0.443 e. The van der Waals surface area contributed by atoms with Gasteiger partial charge in [0.1, 0.15) is 0 Å². The van der Waals surface area contributed by atoms with E-state index < -0.39 is 6.29 Å². The third kappa shape index (κ3) is 1.52. The summed E-state index contributed by atoms with van der Waals surface area (Å²) in [7, 11) is 0. The van der Waals surface area contributed by atoms with Gasteiger partial charge in [0, 0.05) is 6.07 Å². The van der Waals surface area contributed by atoms with Crippen molar-refractivity contribution in [3.63, 3.8) is 0 Å². The van der Waals surface area contributed by atoms with E-state index in [1.165, 1.54) is 0 Å². The van der Waals surface area contributed by atoms with E-state index in [-0.39, 0.29) is 0 Å². The molecule has 0 atom stereocenters. The van der Waals surface area contributed by atoms with Gasteiger partial charge in [0.15, 0.2) is 5.76 Å². The zero-order valence-electron chi connectivity index (χ0n) is 6.05. The smallest absolute Gasteiger partial charge is 0.217 e. The van der Waals surface area contributed by atoms with E-state index in [0.717, 1.165) is 4.47 Å². The molecular formula is C7H6BrClO3. The summed E-state index contributed by atoms with van der Waals surface area (Å²) in [5.74, 6) is 0.601. The molecule has 0 unspecified atom stereocenters. The molecular weight excluding hydrogens is 247 g/mol. The minimum atomic E-state index is -0.395. The Morgan fingerprint density at radius 3 is 2.58 bits per heavy atom. The molecule has 0 radical (unpaired) electrons. The summed E-state index contributed by atoms with van der Waals surface area (Å²) in [5, 5.41) is 0.323. The number of hydrogen-bond acceptors (Lipinski definition) is 3. The van der Waals surface area contributed by atoms with Crippen LogP contribution in [0.2, 0.25) is 5.22 Å². The first-order chi connectivity index (χ1) is 5.77. The Balaban J connectivity index is 2.21. The molecule has 0 amide bonds. The van der Waals surface area contributed by atoms with Crippen LogP contribution < -0.4 is 0 Å². The summed E-state index contributed by atoms with van der Waals surface area (Å²) in [4.78, 5) is 0. The third-order valence-electron chi connectivity index (χ3n) is 1.52. The molecule has 3 nitrogen and oxygen atoms in total. The molecule has 0 N–H and O–H groups in total. The van der Waals surface area contributed by atoms with Crippen molar-refractivity contribution in [1.82, 2.24) is 0 Å². The Morgan fingerprint density at radius 2 is 2.08 bits per heavy atom. The van der Waals surface area contributed by atoms with E-state index >= 15 is 0 Å². The molecule has 0 aliphatic carbocycles. The zero-order chi connectivity index (χ0) is 8.55. The van der Waals surface area contributed by atoms with Gasteiger partial charge >= 0.3 is 0 Å². The summed E-state index contributed by atoms with van der Waals surface area (Å²) >= 11 is 8.91. The molecule has 1 aromatic heterocycles. The van der Waals surface area contributed by atoms with E-state index in [2.05, 4.69) is 15.9 Å². The second-order valence-corrected chi connectivity index (χ2v) is 3.54. The van der Waals surface area contributed by atoms with Crippen LogP contribution in [-0.4, -0.2) is 13.2 Å². The molecule has 0 spiro atoms. The van der Waals surface area contributed by atoms with Crippen LogP contribution in [-0.2, 0) is 9.47 Å². The summed E-state index contributed by atoms with van der Waals surface area (Å²) in [6, 6.07) is 1.75. The molecule has 0 bridgehead atoms. The van der Waals surface area contributed by atoms with Crippen molar-refractivity contribution >= 4 is 27.5 Å². The van der Waals surface area contributed by atoms with Crippen molar-refractivity contribution in [2.24, 2.45) is 0 Å². The molecule has 12 heavy (non-hydrogen) atoms. The minimum absolute atomic E-state index is 0.323. The van der Waals surface area contributed by atoms with Gasteiger partial charge in [0.25, 0.3) is 0 Å². The highest BCUT2D eigenvalue weighted by Crippen LogP contribution is 2.32. The lowest BCUT2D eigenvalue weighted by Gasteiger charge is -2.02. The highest BCUT2D eigenvalue weighted by atomic mass is 79.9. The van der Waals surface area contributed by atoms with Gasteiger partial charge in [-0.25, -0.2) is 0 Å². The maximum Gasteiger partial charge on any atom is 0.217 e. The van der Waals surface area contributed by atoms with Crippen molar-refractivity contribution in [1.29, 1.82) is 0 Å². The largest absolute Gasteiger partial charge is 0.443 e. The second kappa shape index (κ2) is 3.38. The molecule has 1 fully saturated rings. The van der Waals surface area contributed by atoms with Gasteiger partial charge < -0.3 is 13.9 Å². The van der Waals surface area contributed by atoms with Crippen molar-refractivity contribution in [3.05, 3.63) is 21.5 Å². The quantitative estimate of drug-likeness (QED) is 0.771. The number of rotatable bonds is 1. The van der Waals surface area contributed by atoms with Crippen molar-refractivity contribution < 1.29 is 13.9 Å². The molecule has 66 valence electrons. The van der Waals surface area contributed by atoms with E-state index in [1.54, 1.807) is 6.07 Å². The Morgan fingerprint density at radius 1 is 1.42 bits per heavy atom. The number of halogens is 2. The van der Waals surface area contributed by atoms with Crippen LogP contribution in [0.4, 0.5) is 0 Å². The molecule has 1 aliphatic rings. The van der Waals surface area contributed by atoms with Crippen LogP contribution in [0.1, 0.15) is 12.1 Å². The van der Waals surface area contributed by atoms with Crippen molar-refractivity contribution in [2.75, 3.05) is 13.2 Å². The van der Waals surface area contributed by atoms with Gasteiger partial charge in [-0.1, -0.05) is 0 Å². The fourth-order valence-electron chi connectivity index (χ4n) is 1.00. The van der Waals surface area contributed by atoms with Crippen LogP contribution in [0.25, 0.3) is 0 Å². The summed E-state index contributed by atoms with van der Waals surface area (Å²) in [6.07, 6.45) is -0.395. The predicted octanol–water partition coefficient (Wildman–Crippen LogP) is 2.74. The van der Waals surface area contributed by atoms with E-state index in [4.69, 9.17) is 25.5 Å². The van der Waals surface area contributed by atoms with Gasteiger partial charge in [-0.05, 0) is 27.5 Å². The predicted molar refractivity (Wildman–Crippen MR) is 46.1 cm³/mol. The Hall–Kier alpha value is -0.0300.